The van der Waals surface area contributed by atoms with Crippen molar-refractivity contribution in [2.45, 2.75) is 4.90 Å². The summed E-state index contributed by atoms with van der Waals surface area (Å²) >= 11 is 0. The van der Waals surface area contributed by atoms with Crippen LogP contribution in [-0.2, 0) is 10.0 Å². The number of sulfonamides is 1. The van der Waals surface area contributed by atoms with Gasteiger partial charge in [-0.1, -0.05) is 30.3 Å². The maximum Gasteiger partial charge on any atom is 0.269 e. The van der Waals surface area contributed by atoms with Crippen LogP contribution in [0.5, 0.6) is 0 Å². The first-order valence-corrected chi connectivity index (χ1v) is 9.48. The van der Waals surface area contributed by atoms with Crippen molar-refractivity contribution in [1.82, 2.24) is 4.98 Å². The van der Waals surface area contributed by atoms with E-state index in [1.807, 2.05) is 36.4 Å². The van der Waals surface area contributed by atoms with Crippen LogP contribution in [0.4, 0.5) is 11.4 Å². The Morgan fingerprint density at radius 1 is 0.889 bits per heavy atom. The van der Waals surface area contributed by atoms with Crippen molar-refractivity contribution < 1.29 is 13.3 Å². The number of nitro groups is 1. The van der Waals surface area contributed by atoms with Gasteiger partial charge in [-0.05, 0) is 30.3 Å². The predicted molar refractivity (Wildman–Crippen MR) is 103 cm³/mol. The van der Waals surface area contributed by atoms with E-state index in [2.05, 4.69) is 9.71 Å². The van der Waals surface area contributed by atoms with Gasteiger partial charge in [0.05, 0.1) is 26.5 Å². The molecule has 8 heteroatoms. The number of rotatable bonds is 4. The van der Waals surface area contributed by atoms with Gasteiger partial charge in [0.25, 0.3) is 15.7 Å². The molecule has 0 aliphatic heterocycles. The van der Waals surface area contributed by atoms with Gasteiger partial charge < -0.3 is 0 Å². The minimum atomic E-state index is -3.91. The summed E-state index contributed by atoms with van der Waals surface area (Å²) in [5.41, 5.74) is 1.46. The Hall–Kier alpha value is -3.52. The van der Waals surface area contributed by atoms with E-state index < -0.39 is 14.9 Å². The second kappa shape index (κ2) is 6.33. The smallest absolute Gasteiger partial charge is 0.269 e. The van der Waals surface area contributed by atoms with Crippen molar-refractivity contribution in [3.8, 4) is 0 Å². The topological polar surface area (TPSA) is 102 Å². The maximum atomic E-state index is 12.7. The number of para-hydroxylation sites is 2. The first-order chi connectivity index (χ1) is 12.9. The molecule has 1 aromatic heterocycles. The van der Waals surface area contributed by atoms with Crippen LogP contribution in [0, 0.1) is 10.1 Å². The molecule has 0 atom stereocenters. The Labute approximate surface area is 154 Å². The molecule has 3 aromatic carbocycles. The second-order valence-electron chi connectivity index (χ2n) is 5.91. The van der Waals surface area contributed by atoms with Crippen molar-refractivity contribution in [3.05, 3.63) is 82.9 Å². The minimum Gasteiger partial charge on any atom is -0.277 e. The molecular weight excluding hydrogens is 366 g/mol. The molecule has 134 valence electrons. The Bertz CT molecular complexity index is 1290. The fourth-order valence-corrected chi connectivity index (χ4v) is 3.90. The number of anilines is 1. The number of nitrogens with zero attached hydrogens (tertiary/aromatic N) is 2. The van der Waals surface area contributed by atoms with Crippen LogP contribution in [0.25, 0.3) is 21.8 Å². The van der Waals surface area contributed by atoms with Crippen LogP contribution in [0.1, 0.15) is 0 Å². The van der Waals surface area contributed by atoms with Crippen LogP contribution in [0.15, 0.2) is 77.7 Å². The number of aromatic nitrogens is 1. The molecule has 1 heterocycles. The van der Waals surface area contributed by atoms with Crippen molar-refractivity contribution in [1.29, 1.82) is 0 Å². The van der Waals surface area contributed by atoms with E-state index in [-0.39, 0.29) is 10.6 Å². The molecule has 0 saturated carbocycles. The number of non-ortho nitro benzene ring substituents is 1. The van der Waals surface area contributed by atoms with Crippen LogP contribution < -0.4 is 4.72 Å². The molecular formula is C19H13N3O4S. The summed E-state index contributed by atoms with van der Waals surface area (Å²) in [7, 11) is -3.91. The fraction of sp³-hybridized carbons (Fsp3) is 0. The van der Waals surface area contributed by atoms with Crippen molar-refractivity contribution >= 4 is 43.2 Å². The minimum absolute atomic E-state index is 0.0640. The van der Waals surface area contributed by atoms with Gasteiger partial charge in [0, 0.05) is 22.9 Å². The van der Waals surface area contributed by atoms with E-state index in [1.54, 1.807) is 12.1 Å². The van der Waals surface area contributed by atoms with E-state index in [9.17, 15) is 18.5 Å². The standard InChI is InChI=1S/C19H13N3O4S/c23-22(24)15-8-10-16(11-9-15)27(25,26)21-18-7-3-5-14-12-13-4-1-2-6-17(13)20-19(14)18/h1-12,21H. The molecule has 0 unspecified atom stereocenters. The van der Waals surface area contributed by atoms with Gasteiger partial charge in [0.2, 0.25) is 0 Å². The number of pyridine rings is 1. The van der Waals surface area contributed by atoms with Gasteiger partial charge in [-0.3, -0.25) is 14.8 Å². The van der Waals surface area contributed by atoms with Gasteiger partial charge in [-0.2, -0.15) is 0 Å². The molecule has 0 fully saturated rings. The number of hydrogen-bond donors (Lipinski definition) is 1. The normalized spacial score (nSPS) is 11.6. The lowest BCUT2D eigenvalue weighted by Gasteiger charge is -2.11. The third kappa shape index (κ3) is 3.18. The molecule has 0 amide bonds. The third-order valence-electron chi connectivity index (χ3n) is 4.15. The van der Waals surface area contributed by atoms with Gasteiger partial charge in [0.1, 0.15) is 0 Å². The Kier molecular flexibility index (Phi) is 3.97. The summed E-state index contributed by atoms with van der Waals surface area (Å²) in [6.45, 7) is 0. The lowest BCUT2D eigenvalue weighted by atomic mass is 10.1. The number of benzene rings is 3. The first-order valence-electron chi connectivity index (χ1n) is 8.00. The second-order valence-corrected chi connectivity index (χ2v) is 7.60. The van der Waals surface area contributed by atoms with Gasteiger partial charge >= 0.3 is 0 Å². The summed E-state index contributed by atoms with van der Waals surface area (Å²) in [5, 5.41) is 12.5. The highest BCUT2D eigenvalue weighted by molar-refractivity contribution is 7.92. The zero-order valence-electron chi connectivity index (χ0n) is 13.9. The third-order valence-corrected chi connectivity index (χ3v) is 5.53. The summed E-state index contributed by atoms with van der Waals surface area (Å²) in [6, 6.07) is 19.5. The van der Waals surface area contributed by atoms with E-state index in [4.69, 9.17) is 0 Å². The SMILES string of the molecule is O=[N+]([O-])c1ccc(S(=O)(=O)Nc2cccc3cc4ccccc4nc23)cc1. The molecule has 27 heavy (non-hydrogen) atoms. The zero-order valence-corrected chi connectivity index (χ0v) is 14.7. The molecule has 0 aliphatic carbocycles. The molecule has 4 aromatic rings. The summed E-state index contributed by atoms with van der Waals surface area (Å²) < 4.78 is 27.9. The Morgan fingerprint density at radius 2 is 1.59 bits per heavy atom. The van der Waals surface area contributed by atoms with Gasteiger partial charge in [0.15, 0.2) is 0 Å². The predicted octanol–water partition coefficient (Wildman–Crippen LogP) is 4.10. The molecule has 0 spiro atoms. The van der Waals surface area contributed by atoms with Crippen LogP contribution in [0.3, 0.4) is 0 Å². The van der Waals surface area contributed by atoms with E-state index >= 15 is 0 Å². The zero-order chi connectivity index (χ0) is 19.0. The van der Waals surface area contributed by atoms with E-state index in [0.29, 0.717) is 11.2 Å². The number of hydrogen-bond acceptors (Lipinski definition) is 5. The van der Waals surface area contributed by atoms with Crippen LogP contribution >= 0.6 is 0 Å². The maximum absolute atomic E-state index is 12.7. The summed E-state index contributed by atoms with van der Waals surface area (Å²) in [4.78, 5) is 14.7. The van der Waals surface area contributed by atoms with Crippen LogP contribution in [0.2, 0.25) is 0 Å². The molecule has 0 saturated heterocycles. The number of nitrogens with one attached hydrogen (secondary N) is 1. The lowest BCUT2D eigenvalue weighted by molar-refractivity contribution is -0.384. The lowest BCUT2D eigenvalue weighted by Crippen LogP contribution is -2.13. The largest absolute Gasteiger partial charge is 0.277 e. The molecule has 0 aliphatic rings. The molecule has 0 radical (unpaired) electrons. The van der Waals surface area contributed by atoms with Gasteiger partial charge in [-0.15, -0.1) is 0 Å². The Morgan fingerprint density at radius 3 is 2.33 bits per heavy atom. The van der Waals surface area contributed by atoms with Crippen LogP contribution in [-0.4, -0.2) is 18.3 Å². The highest BCUT2D eigenvalue weighted by Gasteiger charge is 2.17. The van der Waals surface area contributed by atoms with E-state index in [0.717, 1.165) is 28.4 Å². The number of fused-ring (bicyclic) bond motifs is 2. The molecule has 4 rings (SSSR count). The summed E-state index contributed by atoms with van der Waals surface area (Å²) in [6.07, 6.45) is 0. The summed E-state index contributed by atoms with van der Waals surface area (Å²) in [5.74, 6) is 0. The fourth-order valence-electron chi connectivity index (χ4n) is 2.84. The van der Waals surface area contributed by atoms with Crippen molar-refractivity contribution in [3.63, 3.8) is 0 Å². The van der Waals surface area contributed by atoms with Crippen molar-refractivity contribution in [2.24, 2.45) is 0 Å². The van der Waals surface area contributed by atoms with Crippen molar-refractivity contribution in [2.75, 3.05) is 4.72 Å². The average Bonchev–Trinajstić information content (AvgIpc) is 2.66. The highest BCUT2D eigenvalue weighted by Crippen LogP contribution is 2.27. The monoisotopic (exact) mass is 379 g/mol. The molecule has 0 bridgehead atoms. The molecule has 7 nitrogen and oxygen atoms in total. The average molecular weight is 379 g/mol. The first kappa shape index (κ1) is 16.9. The van der Waals surface area contributed by atoms with Gasteiger partial charge in [-0.25, -0.2) is 13.4 Å². The highest BCUT2D eigenvalue weighted by atomic mass is 32.2. The number of nitro benzene ring substituents is 1. The quantitative estimate of drug-likeness (QED) is 0.327. The van der Waals surface area contributed by atoms with E-state index in [1.165, 1.54) is 12.1 Å². The molecule has 1 N–H and O–H groups in total. The Balaban J connectivity index is 1.77.